The van der Waals surface area contributed by atoms with Crippen LogP contribution in [0.15, 0.2) is 18.2 Å². The second kappa shape index (κ2) is 4.45. The monoisotopic (exact) mass is 289 g/mol. The summed E-state index contributed by atoms with van der Waals surface area (Å²) < 4.78 is 17.8. The average Bonchev–Trinajstić information content (AvgIpc) is 2.46. The van der Waals surface area contributed by atoms with Crippen molar-refractivity contribution >= 4 is 0 Å². The lowest BCUT2D eigenvalue weighted by Gasteiger charge is -2.57. The molecule has 2 bridgehead atoms. The first-order valence-electron chi connectivity index (χ1n) is 7.77. The Hall–Kier alpha value is -1.10. The van der Waals surface area contributed by atoms with Gasteiger partial charge in [0.15, 0.2) is 5.79 Å². The molecule has 0 spiro atoms. The Kier molecular flexibility index (Phi) is 2.87. The minimum Gasteiger partial charge on any atom is -0.497 e. The maximum atomic E-state index is 6.34. The normalized spacial score (nSPS) is 36.5. The molecule has 2 heterocycles. The molecule has 0 unspecified atom stereocenters. The summed E-state index contributed by atoms with van der Waals surface area (Å²) in [5.74, 6) is 0.422. The maximum absolute atomic E-state index is 6.34. The highest BCUT2D eigenvalue weighted by atomic mass is 16.7. The minimum atomic E-state index is -0.498. The van der Waals surface area contributed by atoms with Gasteiger partial charge in [0, 0.05) is 11.5 Å². The molecule has 0 radical (unpaired) electrons. The predicted octanol–water partition coefficient (Wildman–Crippen LogP) is 2.00. The summed E-state index contributed by atoms with van der Waals surface area (Å²) in [6, 6.07) is 6.82. The Morgan fingerprint density at radius 2 is 2.19 bits per heavy atom. The average molecular weight is 289 g/mol. The van der Waals surface area contributed by atoms with E-state index >= 15 is 0 Å². The van der Waals surface area contributed by atoms with Crippen LogP contribution in [0.2, 0.25) is 0 Å². The standard InChI is InChI=1S/C17H23NO3/c1-16(2)20-10-17-6-7-18-14(15(17)21-16)8-11-4-5-12(19-3)9-13(11)17/h4-5,9,14-15,18H,6-8,10H2,1-3H3/t14-,15+,17-/m1/s1. The number of hydrogen-bond donors (Lipinski definition) is 1. The summed E-state index contributed by atoms with van der Waals surface area (Å²) in [5.41, 5.74) is 2.73. The largest absolute Gasteiger partial charge is 0.497 e. The van der Waals surface area contributed by atoms with Gasteiger partial charge in [0.2, 0.25) is 0 Å². The van der Waals surface area contributed by atoms with Gasteiger partial charge in [-0.05, 0) is 56.5 Å². The van der Waals surface area contributed by atoms with Crippen LogP contribution in [0.3, 0.4) is 0 Å². The zero-order chi connectivity index (χ0) is 14.7. The van der Waals surface area contributed by atoms with Crippen LogP contribution in [-0.2, 0) is 21.3 Å². The van der Waals surface area contributed by atoms with E-state index in [9.17, 15) is 0 Å². The van der Waals surface area contributed by atoms with Crippen LogP contribution in [0.5, 0.6) is 5.75 Å². The molecule has 1 N–H and O–H groups in total. The third-order valence-corrected chi connectivity index (χ3v) is 5.27. The SMILES string of the molecule is COc1ccc2c(c1)[C@]13CCN[C@H](C2)[C@@H]1OC(C)(C)OC3. The molecular weight excluding hydrogens is 266 g/mol. The fourth-order valence-electron chi connectivity index (χ4n) is 4.21. The molecule has 3 atom stereocenters. The van der Waals surface area contributed by atoms with Crippen molar-refractivity contribution in [3.8, 4) is 5.75 Å². The third-order valence-electron chi connectivity index (χ3n) is 5.27. The first-order valence-corrected chi connectivity index (χ1v) is 7.77. The van der Waals surface area contributed by atoms with Crippen LogP contribution in [-0.4, -0.2) is 38.2 Å². The van der Waals surface area contributed by atoms with Crippen molar-refractivity contribution in [1.82, 2.24) is 5.32 Å². The number of nitrogens with one attached hydrogen (secondary N) is 1. The zero-order valence-electron chi connectivity index (χ0n) is 12.9. The predicted molar refractivity (Wildman–Crippen MR) is 79.7 cm³/mol. The van der Waals surface area contributed by atoms with E-state index in [1.54, 1.807) is 7.11 Å². The van der Waals surface area contributed by atoms with Gasteiger partial charge in [-0.2, -0.15) is 0 Å². The molecule has 0 aromatic heterocycles. The first kappa shape index (κ1) is 13.6. The number of fused-ring (bicyclic) bond motifs is 1. The lowest BCUT2D eigenvalue weighted by Crippen LogP contribution is -2.69. The number of benzene rings is 1. The summed E-state index contributed by atoms with van der Waals surface area (Å²) in [6.45, 7) is 5.77. The topological polar surface area (TPSA) is 39.7 Å². The summed E-state index contributed by atoms with van der Waals surface area (Å²) in [4.78, 5) is 0. The molecule has 3 aliphatic rings. The highest BCUT2D eigenvalue weighted by Crippen LogP contribution is 2.49. The van der Waals surface area contributed by atoms with Crippen LogP contribution < -0.4 is 10.1 Å². The number of rotatable bonds is 1. The highest BCUT2D eigenvalue weighted by molar-refractivity contribution is 5.46. The van der Waals surface area contributed by atoms with Gasteiger partial charge in [-0.25, -0.2) is 0 Å². The van der Waals surface area contributed by atoms with Crippen molar-refractivity contribution in [3.63, 3.8) is 0 Å². The second-order valence-corrected chi connectivity index (χ2v) is 6.92. The first-order chi connectivity index (χ1) is 10.0. The van der Waals surface area contributed by atoms with Crippen molar-refractivity contribution in [2.24, 2.45) is 0 Å². The molecule has 21 heavy (non-hydrogen) atoms. The summed E-state index contributed by atoms with van der Waals surface area (Å²) in [6.07, 6.45) is 2.24. The van der Waals surface area contributed by atoms with Gasteiger partial charge in [0.05, 0.1) is 19.8 Å². The Balaban J connectivity index is 1.84. The van der Waals surface area contributed by atoms with Crippen molar-refractivity contribution in [1.29, 1.82) is 0 Å². The molecule has 2 aliphatic heterocycles. The Morgan fingerprint density at radius 3 is 3.00 bits per heavy atom. The molecule has 4 heteroatoms. The maximum Gasteiger partial charge on any atom is 0.163 e. The van der Waals surface area contributed by atoms with Gasteiger partial charge >= 0.3 is 0 Å². The van der Waals surface area contributed by atoms with Gasteiger partial charge < -0.3 is 19.5 Å². The van der Waals surface area contributed by atoms with E-state index in [0.717, 1.165) is 31.7 Å². The summed E-state index contributed by atoms with van der Waals surface area (Å²) in [7, 11) is 1.72. The molecule has 0 saturated carbocycles. The van der Waals surface area contributed by atoms with Crippen molar-refractivity contribution in [3.05, 3.63) is 29.3 Å². The van der Waals surface area contributed by atoms with Gasteiger partial charge in [0.25, 0.3) is 0 Å². The van der Waals surface area contributed by atoms with Crippen LogP contribution in [0.25, 0.3) is 0 Å². The number of hydrogen-bond acceptors (Lipinski definition) is 4. The van der Waals surface area contributed by atoms with Gasteiger partial charge in [-0.15, -0.1) is 0 Å². The molecule has 2 saturated heterocycles. The fourth-order valence-corrected chi connectivity index (χ4v) is 4.21. The van der Waals surface area contributed by atoms with E-state index in [1.165, 1.54) is 11.1 Å². The summed E-state index contributed by atoms with van der Waals surface area (Å²) >= 11 is 0. The second-order valence-electron chi connectivity index (χ2n) is 6.92. The van der Waals surface area contributed by atoms with Crippen molar-refractivity contribution in [2.75, 3.05) is 20.3 Å². The molecule has 1 aromatic carbocycles. The van der Waals surface area contributed by atoms with E-state index in [-0.39, 0.29) is 11.5 Å². The van der Waals surface area contributed by atoms with Crippen molar-refractivity contribution < 1.29 is 14.2 Å². The lowest BCUT2D eigenvalue weighted by atomic mass is 9.62. The van der Waals surface area contributed by atoms with E-state index in [1.807, 2.05) is 13.8 Å². The molecule has 2 fully saturated rings. The van der Waals surface area contributed by atoms with E-state index in [0.29, 0.717) is 6.04 Å². The number of piperidine rings is 1. The minimum absolute atomic E-state index is 0.0342. The van der Waals surface area contributed by atoms with Gasteiger partial charge in [-0.1, -0.05) is 6.07 Å². The zero-order valence-corrected chi connectivity index (χ0v) is 12.9. The molecule has 1 aliphatic carbocycles. The van der Waals surface area contributed by atoms with Gasteiger partial charge in [0.1, 0.15) is 5.75 Å². The molecule has 0 amide bonds. The quantitative estimate of drug-likeness (QED) is 0.858. The fraction of sp³-hybridized carbons (Fsp3) is 0.647. The molecule has 1 aromatic rings. The Morgan fingerprint density at radius 1 is 1.33 bits per heavy atom. The lowest BCUT2D eigenvalue weighted by molar-refractivity contribution is -0.313. The van der Waals surface area contributed by atoms with Crippen LogP contribution in [0, 0.1) is 0 Å². The Bertz CT molecular complexity index is 571. The molecule has 4 nitrogen and oxygen atoms in total. The van der Waals surface area contributed by atoms with Gasteiger partial charge in [-0.3, -0.25) is 0 Å². The van der Waals surface area contributed by atoms with E-state index in [2.05, 4.69) is 23.5 Å². The molecule has 4 rings (SSSR count). The highest BCUT2D eigenvalue weighted by Gasteiger charge is 2.56. The number of methoxy groups -OCH3 is 1. The number of ether oxygens (including phenoxy) is 3. The molecule has 114 valence electrons. The van der Waals surface area contributed by atoms with E-state index in [4.69, 9.17) is 14.2 Å². The summed E-state index contributed by atoms with van der Waals surface area (Å²) in [5, 5.41) is 3.64. The van der Waals surface area contributed by atoms with Crippen LogP contribution >= 0.6 is 0 Å². The van der Waals surface area contributed by atoms with E-state index < -0.39 is 5.79 Å². The smallest absolute Gasteiger partial charge is 0.163 e. The van der Waals surface area contributed by atoms with Crippen LogP contribution in [0.1, 0.15) is 31.4 Å². The van der Waals surface area contributed by atoms with Crippen molar-refractivity contribution in [2.45, 2.75) is 50.0 Å². The third kappa shape index (κ3) is 1.93. The molecular formula is C17H23NO3. The van der Waals surface area contributed by atoms with Crippen LogP contribution in [0.4, 0.5) is 0 Å². The Labute approximate surface area is 125 Å².